The zero-order chi connectivity index (χ0) is 18.9. The van der Waals surface area contributed by atoms with E-state index in [0.29, 0.717) is 36.1 Å². The molecule has 2 saturated carbocycles. The van der Waals surface area contributed by atoms with Crippen LogP contribution in [0, 0.1) is 11.3 Å². The third-order valence-electron chi connectivity index (χ3n) is 7.38. The average molecular weight is 378 g/mol. The predicted octanol–water partition coefficient (Wildman–Crippen LogP) is 0.710. The van der Waals surface area contributed by atoms with Crippen LogP contribution in [0.25, 0.3) is 0 Å². The van der Waals surface area contributed by atoms with E-state index in [1.807, 2.05) is 7.05 Å². The second-order valence-corrected chi connectivity index (χ2v) is 8.75. The van der Waals surface area contributed by atoms with Crippen molar-refractivity contribution in [1.29, 1.82) is 0 Å². The number of aliphatic imine (C=N–C) groups is 1. The summed E-state index contributed by atoms with van der Waals surface area (Å²) in [4.78, 5) is 18.3. The second kappa shape index (κ2) is 7.95. The smallest absolute Gasteiger partial charge is 0.233 e. The Balaban J connectivity index is 1.30. The summed E-state index contributed by atoms with van der Waals surface area (Å²) in [5, 5.41) is 10.1. The van der Waals surface area contributed by atoms with Crippen LogP contribution in [-0.2, 0) is 9.53 Å². The van der Waals surface area contributed by atoms with E-state index in [1.54, 1.807) is 7.05 Å². The van der Waals surface area contributed by atoms with E-state index in [2.05, 4.69) is 25.8 Å². The minimum atomic E-state index is 0.0964. The molecule has 0 aromatic heterocycles. The summed E-state index contributed by atoms with van der Waals surface area (Å²) < 4.78 is 6.10. The SMILES string of the molecule is CN=C(NC1CCN(CC(=O)NC)CC1)NC1C2CCOC2C12CCCC2. The molecule has 4 fully saturated rings. The molecule has 0 aromatic carbocycles. The van der Waals surface area contributed by atoms with Gasteiger partial charge < -0.3 is 20.7 Å². The summed E-state index contributed by atoms with van der Waals surface area (Å²) in [6, 6.07) is 0.930. The van der Waals surface area contributed by atoms with Crippen LogP contribution in [-0.4, -0.2) is 75.3 Å². The average Bonchev–Trinajstić information content (AvgIpc) is 3.35. The lowest BCUT2D eigenvalue weighted by Crippen LogP contribution is -2.69. The lowest BCUT2D eigenvalue weighted by molar-refractivity contribution is -0.125. The van der Waals surface area contributed by atoms with Crippen LogP contribution in [0.1, 0.15) is 44.9 Å². The fourth-order valence-corrected chi connectivity index (χ4v) is 5.93. The molecular formula is C20H35N5O2. The molecule has 3 N–H and O–H groups in total. The first-order chi connectivity index (χ1) is 13.2. The van der Waals surface area contributed by atoms with Gasteiger partial charge in [0.05, 0.1) is 12.6 Å². The van der Waals surface area contributed by atoms with Crippen molar-refractivity contribution in [3.63, 3.8) is 0 Å². The highest BCUT2D eigenvalue weighted by Crippen LogP contribution is 2.60. The van der Waals surface area contributed by atoms with Crippen LogP contribution in [0.4, 0.5) is 0 Å². The Kier molecular flexibility index (Phi) is 5.60. The monoisotopic (exact) mass is 377 g/mol. The molecule has 0 radical (unpaired) electrons. The van der Waals surface area contributed by atoms with Crippen molar-refractivity contribution in [3.05, 3.63) is 0 Å². The molecule has 4 rings (SSSR count). The Morgan fingerprint density at radius 1 is 1.19 bits per heavy atom. The van der Waals surface area contributed by atoms with Gasteiger partial charge in [-0.05, 0) is 32.1 Å². The van der Waals surface area contributed by atoms with Crippen LogP contribution in [0.15, 0.2) is 4.99 Å². The van der Waals surface area contributed by atoms with Crippen molar-refractivity contribution in [2.24, 2.45) is 16.3 Å². The Morgan fingerprint density at radius 2 is 1.93 bits per heavy atom. The third-order valence-corrected chi connectivity index (χ3v) is 7.38. The zero-order valence-corrected chi connectivity index (χ0v) is 16.8. The van der Waals surface area contributed by atoms with Crippen molar-refractivity contribution in [1.82, 2.24) is 20.9 Å². The van der Waals surface area contributed by atoms with Gasteiger partial charge >= 0.3 is 0 Å². The van der Waals surface area contributed by atoms with Gasteiger partial charge in [0.25, 0.3) is 0 Å². The summed E-state index contributed by atoms with van der Waals surface area (Å²) in [6.07, 6.45) is 9.00. The maximum atomic E-state index is 11.6. The Hall–Kier alpha value is -1.34. The third kappa shape index (κ3) is 3.56. The van der Waals surface area contributed by atoms with Gasteiger partial charge in [0.1, 0.15) is 0 Å². The quantitative estimate of drug-likeness (QED) is 0.497. The molecule has 0 bridgehead atoms. The van der Waals surface area contributed by atoms with E-state index < -0.39 is 0 Å². The lowest BCUT2D eigenvalue weighted by atomic mass is 9.54. The summed E-state index contributed by atoms with van der Waals surface area (Å²) >= 11 is 0. The number of piperidine rings is 1. The largest absolute Gasteiger partial charge is 0.377 e. The number of hydrogen-bond donors (Lipinski definition) is 3. The van der Waals surface area contributed by atoms with Crippen molar-refractivity contribution >= 4 is 11.9 Å². The van der Waals surface area contributed by atoms with E-state index in [4.69, 9.17) is 4.74 Å². The minimum absolute atomic E-state index is 0.0964. The van der Waals surface area contributed by atoms with Crippen LogP contribution in [0.2, 0.25) is 0 Å². The summed E-state index contributed by atoms with van der Waals surface area (Å²) in [7, 11) is 3.57. The molecule has 2 saturated heterocycles. The van der Waals surface area contributed by atoms with Crippen LogP contribution >= 0.6 is 0 Å². The van der Waals surface area contributed by atoms with Gasteiger partial charge in [-0.2, -0.15) is 0 Å². The molecule has 2 aliphatic carbocycles. The number of nitrogens with one attached hydrogen (secondary N) is 3. The molecule has 152 valence electrons. The molecule has 3 atom stereocenters. The number of carbonyl (C=O) groups is 1. The van der Waals surface area contributed by atoms with Crippen LogP contribution in [0.5, 0.6) is 0 Å². The highest BCUT2D eigenvalue weighted by Gasteiger charge is 2.65. The van der Waals surface area contributed by atoms with Crippen LogP contribution in [0.3, 0.4) is 0 Å². The lowest BCUT2D eigenvalue weighted by Gasteiger charge is -2.57. The first-order valence-corrected chi connectivity index (χ1v) is 10.7. The molecule has 2 aliphatic heterocycles. The van der Waals surface area contributed by atoms with E-state index in [1.165, 1.54) is 32.1 Å². The second-order valence-electron chi connectivity index (χ2n) is 8.75. The van der Waals surface area contributed by atoms with Gasteiger partial charge in [-0.1, -0.05) is 12.8 Å². The number of hydrogen-bond acceptors (Lipinski definition) is 4. The van der Waals surface area contributed by atoms with Gasteiger partial charge in [-0.25, -0.2) is 0 Å². The number of nitrogens with zero attached hydrogens (tertiary/aromatic N) is 2. The number of likely N-dealkylation sites (N-methyl/N-ethyl adjacent to an activating group) is 1. The Bertz CT molecular complexity index is 567. The van der Waals surface area contributed by atoms with Gasteiger partial charge in [0.15, 0.2) is 5.96 Å². The number of amides is 1. The first kappa shape index (κ1) is 19.0. The van der Waals surface area contributed by atoms with Crippen molar-refractivity contribution < 1.29 is 9.53 Å². The molecule has 3 unspecified atom stereocenters. The summed E-state index contributed by atoms with van der Waals surface area (Å²) in [6.45, 7) is 3.33. The van der Waals surface area contributed by atoms with E-state index in [0.717, 1.165) is 38.5 Å². The molecule has 4 aliphatic rings. The van der Waals surface area contributed by atoms with Crippen molar-refractivity contribution in [2.75, 3.05) is 40.3 Å². The number of likely N-dealkylation sites (tertiary alicyclic amines) is 1. The van der Waals surface area contributed by atoms with Gasteiger partial charge in [-0.15, -0.1) is 0 Å². The van der Waals surface area contributed by atoms with Crippen molar-refractivity contribution in [2.45, 2.75) is 63.1 Å². The Labute approximate surface area is 162 Å². The number of ether oxygens (including phenoxy) is 1. The molecule has 7 nitrogen and oxygen atoms in total. The maximum absolute atomic E-state index is 11.6. The highest BCUT2D eigenvalue weighted by molar-refractivity contribution is 5.80. The predicted molar refractivity (Wildman–Crippen MR) is 106 cm³/mol. The molecular weight excluding hydrogens is 342 g/mol. The molecule has 27 heavy (non-hydrogen) atoms. The summed E-state index contributed by atoms with van der Waals surface area (Å²) in [5.74, 6) is 1.69. The summed E-state index contributed by atoms with van der Waals surface area (Å²) in [5.41, 5.74) is 0.343. The minimum Gasteiger partial charge on any atom is -0.377 e. The molecule has 7 heteroatoms. The normalized spacial score (nSPS) is 33.6. The molecule has 1 spiro atoms. The number of rotatable bonds is 4. The number of guanidine groups is 1. The maximum Gasteiger partial charge on any atom is 0.233 e. The molecule has 1 amide bonds. The Morgan fingerprint density at radius 3 is 2.59 bits per heavy atom. The fraction of sp³-hybridized carbons (Fsp3) is 0.900. The van der Waals surface area contributed by atoms with Gasteiger partial charge in [0.2, 0.25) is 5.91 Å². The number of fused-ring (bicyclic) bond motifs is 2. The van der Waals surface area contributed by atoms with Crippen LogP contribution < -0.4 is 16.0 Å². The highest BCUT2D eigenvalue weighted by atomic mass is 16.5. The topological polar surface area (TPSA) is 78.0 Å². The van der Waals surface area contributed by atoms with E-state index in [9.17, 15) is 4.79 Å². The number of carbonyl (C=O) groups excluding carboxylic acids is 1. The molecule has 0 aromatic rings. The standard InChI is InChI=1S/C20H35N5O2/c1-21-16(26)13-25-10-5-14(6-11-25)23-19(22-2)24-17-15-7-12-27-18(15)20(17)8-3-4-9-20/h14-15,17-18H,3-13H2,1-2H3,(H,21,26)(H2,22,23,24). The molecule has 2 heterocycles. The first-order valence-electron chi connectivity index (χ1n) is 10.7. The van der Waals surface area contributed by atoms with E-state index >= 15 is 0 Å². The fourth-order valence-electron chi connectivity index (χ4n) is 5.93. The van der Waals surface area contributed by atoms with Crippen molar-refractivity contribution in [3.8, 4) is 0 Å². The zero-order valence-electron chi connectivity index (χ0n) is 16.8. The van der Waals surface area contributed by atoms with E-state index in [-0.39, 0.29) is 5.91 Å². The van der Waals surface area contributed by atoms with Gasteiger partial charge in [-0.3, -0.25) is 14.7 Å². The van der Waals surface area contributed by atoms with Gasteiger partial charge in [0, 0.05) is 57.2 Å².